The van der Waals surface area contributed by atoms with E-state index in [9.17, 15) is 19.5 Å². The van der Waals surface area contributed by atoms with Crippen LogP contribution in [0.4, 0.5) is 9.93 Å². The van der Waals surface area contributed by atoms with E-state index in [1.807, 2.05) is 13.0 Å². The van der Waals surface area contributed by atoms with Crippen molar-refractivity contribution in [2.75, 3.05) is 18.4 Å². The molecule has 0 aliphatic heterocycles. The number of allylic oxidation sites excluding steroid dienone is 12. The second-order valence-corrected chi connectivity index (χ2v) is 11.9. The van der Waals surface area contributed by atoms with Crippen molar-refractivity contribution < 1.29 is 19.5 Å². The first-order valence-electron chi connectivity index (χ1n) is 16.4. The van der Waals surface area contributed by atoms with E-state index in [-0.39, 0.29) is 30.8 Å². The quantitative estimate of drug-likeness (QED) is 0.118. The molecule has 246 valence electrons. The van der Waals surface area contributed by atoms with Gasteiger partial charge in [-0.1, -0.05) is 86.8 Å². The summed E-state index contributed by atoms with van der Waals surface area (Å²) in [5.74, 6) is -0.277. The molecule has 0 radical (unpaired) electrons. The summed E-state index contributed by atoms with van der Waals surface area (Å²) in [7, 11) is 0. The van der Waals surface area contributed by atoms with Gasteiger partial charge in [0, 0.05) is 43.3 Å². The van der Waals surface area contributed by atoms with Gasteiger partial charge < -0.3 is 20.6 Å². The third kappa shape index (κ3) is 16.8. The Balaban J connectivity index is 1.51. The standard InChI is InChI=1S/C36H52N4O4S/c1-3-5-6-7-8-9-10-11-12-13-14-15-16-17-18-19-20-21-22-23-33(41)37-27-26-34(42)39-35-38-31-25-24-30(29-32(31)45-35)40(28-4-2)36(43)44/h5-6,8-9,11-12,14-15,17-18,20-21,30H,3-4,7,10,13,16,19,22-29H2,1-2H3,(H,37,41)(H,43,44)(H,38,39,42)/t30-/m1/s1. The summed E-state index contributed by atoms with van der Waals surface area (Å²) in [5.41, 5.74) is 0.941. The second-order valence-electron chi connectivity index (χ2n) is 10.9. The average molecular weight is 637 g/mol. The molecular formula is C36H52N4O4S. The van der Waals surface area contributed by atoms with Crippen LogP contribution in [-0.4, -0.2) is 52.0 Å². The molecule has 45 heavy (non-hydrogen) atoms. The molecule has 1 aliphatic rings. The molecule has 0 saturated heterocycles. The van der Waals surface area contributed by atoms with Gasteiger partial charge in [0.15, 0.2) is 5.13 Å². The van der Waals surface area contributed by atoms with Crippen LogP contribution in [0.1, 0.15) is 95.0 Å². The maximum absolute atomic E-state index is 12.4. The molecule has 1 heterocycles. The van der Waals surface area contributed by atoms with Crippen LogP contribution in [0, 0.1) is 0 Å². The SMILES string of the molecule is CCC=CCC=CCC=CCC=CCC=CCC=CCCC(=O)NCCC(=O)Nc1nc2c(s1)C[C@H](N(CCC)C(=O)O)CC2. The molecule has 1 aliphatic carbocycles. The van der Waals surface area contributed by atoms with Gasteiger partial charge in [-0.15, -0.1) is 11.3 Å². The van der Waals surface area contributed by atoms with Gasteiger partial charge in [-0.25, -0.2) is 9.78 Å². The number of nitrogens with one attached hydrogen (secondary N) is 2. The van der Waals surface area contributed by atoms with E-state index in [1.54, 1.807) is 0 Å². The van der Waals surface area contributed by atoms with Crippen LogP contribution >= 0.6 is 11.3 Å². The topological polar surface area (TPSA) is 112 Å². The molecule has 3 amide bonds. The van der Waals surface area contributed by atoms with Crippen LogP contribution in [0.5, 0.6) is 0 Å². The molecule has 0 aromatic carbocycles. The number of amides is 3. The summed E-state index contributed by atoms with van der Waals surface area (Å²) in [4.78, 5) is 43.2. The van der Waals surface area contributed by atoms with E-state index in [2.05, 4.69) is 89.4 Å². The van der Waals surface area contributed by atoms with E-state index >= 15 is 0 Å². The Morgan fingerprint density at radius 1 is 0.844 bits per heavy atom. The molecule has 9 heteroatoms. The van der Waals surface area contributed by atoms with Crippen LogP contribution in [0.3, 0.4) is 0 Å². The van der Waals surface area contributed by atoms with Crippen LogP contribution in [0.25, 0.3) is 0 Å². The van der Waals surface area contributed by atoms with Crippen LogP contribution in [0.2, 0.25) is 0 Å². The number of hydrogen-bond donors (Lipinski definition) is 3. The van der Waals surface area contributed by atoms with Crippen molar-refractivity contribution >= 4 is 34.4 Å². The third-order valence-electron chi connectivity index (χ3n) is 7.12. The normalized spacial score (nSPS) is 15.3. The number of aryl methyl sites for hydroxylation is 1. The number of carbonyl (C=O) groups is 3. The summed E-state index contributed by atoms with van der Waals surface area (Å²) >= 11 is 1.41. The Morgan fingerprint density at radius 2 is 1.42 bits per heavy atom. The fraction of sp³-hybridized carbons (Fsp3) is 0.500. The molecule has 0 spiro atoms. The van der Waals surface area contributed by atoms with E-state index in [0.717, 1.165) is 61.9 Å². The Bertz CT molecular complexity index is 1210. The number of fused-ring (bicyclic) bond motifs is 1. The van der Waals surface area contributed by atoms with E-state index < -0.39 is 6.09 Å². The van der Waals surface area contributed by atoms with Crippen molar-refractivity contribution in [3.05, 3.63) is 83.5 Å². The fourth-order valence-electron chi connectivity index (χ4n) is 4.79. The van der Waals surface area contributed by atoms with Crippen molar-refractivity contribution in [2.24, 2.45) is 0 Å². The van der Waals surface area contributed by atoms with Gasteiger partial charge in [0.1, 0.15) is 0 Å². The van der Waals surface area contributed by atoms with Gasteiger partial charge in [-0.05, 0) is 64.2 Å². The average Bonchev–Trinajstić information content (AvgIpc) is 3.42. The summed E-state index contributed by atoms with van der Waals surface area (Å²) in [6, 6.07) is -0.0536. The minimum atomic E-state index is -0.886. The molecule has 0 bridgehead atoms. The number of thiazole rings is 1. The van der Waals surface area contributed by atoms with E-state index in [0.29, 0.717) is 37.4 Å². The van der Waals surface area contributed by atoms with Gasteiger partial charge in [0.25, 0.3) is 0 Å². The van der Waals surface area contributed by atoms with Crippen LogP contribution < -0.4 is 10.6 Å². The second kappa shape index (κ2) is 23.6. The molecule has 3 N–H and O–H groups in total. The summed E-state index contributed by atoms with van der Waals surface area (Å²) in [6.07, 6.45) is 34.8. The Kier molecular flexibility index (Phi) is 19.7. The largest absolute Gasteiger partial charge is 0.465 e. The Morgan fingerprint density at radius 3 is 1.98 bits per heavy atom. The highest BCUT2D eigenvalue weighted by Gasteiger charge is 2.29. The van der Waals surface area contributed by atoms with E-state index in [1.165, 1.54) is 16.2 Å². The minimum absolute atomic E-state index is 0.0536. The first kappa shape index (κ1) is 37.5. The Hall–Kier alpha value is -3.72. The predicted molar refractivity (Wildman–Crippen MR) is 187 cm³/mol. The summed E-state index contributed by atoms with van der Waals surface area (Å²) in [5, 5.41) is 15.7. The zero-order valence-corrected chi connectivity index (χ0v) is 27.9. The van der Waals surface area contributed by atoms with Crippen molar-refractivity contribution in [3.8, 4) is 0 Å². The van der Waals surface area contributed by atoms with Gasteiger partial charge in [0.2, 0.25) is 11.8 Å². The maximum Gasteiger partial charge on any atom is 0.407 e. The van der Waals surface area contributed by atoms with Gasteiger partial charge >= 0.3 is 6.09 Å². The molecule has 0 saturated carbocycles. The fourth-order valence-corrected chi connectivity index (χ4v) is 5.89. The lowest BCUT2D eigenvalue weighted by Gasteiger charge is -2.31. The van der Waals surface area contributed by atoms with Gasteiger partial charge in [-0.3, -0.25) is 9.59 Å². The molecule has 0 fully saturated rings. The zero-order chi connectivity index (χ0) is 32.5. The number of anilines is 1. The zero-order valence-electron chi connectivity index (χ0n) is 27.1. The number of carbonyl (C=O) groups excluding carboxylic acids is 2. The molecule has 1 aromatic heterocycles. The first-order valence-corrected chi connectivity index (χ1v) is 17.2. The molecule has 1 aromatic rings. The highest BCUT2D eigenvalue weighted by molar-refractivity contribution is 7.15. The molecular weight excluding hydrogens is 584 g/mol. The highest BCUT2D eigenvalue weighted by Crippen LogP contribution is 2.32. The number of hydrogen-bond acceptors (Lipinski definition) is 5. The Labute approximate surface area is 273 Å². The molecule has 8 nitrogen and oxygen atoms in total. The first-order chi connectivity index (χ1) is 21.9. The number of nitrogens with zero attached hydrogens (tertiary/aromatic N) is 2. The number of carboxylic acid groups (broad SMARTS) is 1. The van der Waals surface area contributed by atoms with Crippen molar-refractivity contribution in [2.45, 2.75) is 103 Å². The van der Waals surface area contributed by atoms with E-state index in [4.69, 9.17) is 0 Å². The number of rotatable bonds is 21. The monoisotopic (exact) mass is 636 g/mol. The van der Waals surface area contributed by atoms with Crippen molar-refractivity contribution in [1.82, 2.24) is 15.2 Å². The lowest BCUT2D eigenvalue weighted by molar-refractivity contribution is -0.121. The van der Waals surface area contributed by atoms with Gasteiger partial charge in [0.05, 0.1) is 5.69 Å². The highest BCUT2D eigenvalue weighted by atomic mass is 32.1. The summed E-state index contributed by atoms with van der Waals surface area (Å²) in [6.45, 7) is 4.91. The van der Waals surface area contributed by atoms with Gasteiger partial charge in [-0.2, -0.15) is 0 Å². The molecule has 0 unspecified atom stereocenters. The maximum atomic E-state index is 12.4. The predicted octanol–water partition coefficient (Wildman–Crippen LogP) is 8.31. The van der Waals surface area contributed by atoms with Crippen molar-refractivity contribution in [1.29, 1.82) is 0 Å². The lowest BCUT2D eigenvalue weighted by Crippen LogP contribution is -2.42. The third-order valence-corrected chi connectivity index (χ3v) is 8.16. The molecule has 2 rings (SSSR count). The van der Waals surface area contributed by atoms with Crippen LogP contribution in [-0.2, 0) is 22.4 Å². The molecule has 1 atom stereocenters. The number of aromatic nitrogens is 1. The van der Waals surface area contributed by atoms with Crippen LogP contribution in [0.15, 0.2) is 72.9 Å². The smallest absolute Gasteiger partial charge is 0.407 e. The summed E-state index contributed by atoms with van der Waals surface area (Å²) < 4.78 is 0. The lowest BCUT2D eigenvalue weighted by atomic mass is 9.96. The van der Waals surface area contributed by atoms with Crippen molar-refractivity contribution in [3.63, 3.8) is 0 Å². The minimum Gasteiger partial charge on any atom is -0.465 e.